The van der Waals surface area contributed by atoms with E-state index in [4.69, 9.17) is 4.74 Å². The van der Waals surface area contributed by atoms with Crippen LogP contribution >= 0.6 is 0 Å². The van der Waals surface area contributed by atoms with Crippen molar-refractivity contribution in [1.82, 2.24) is 5.32 Å². The van der Waals surface area contributed by atoms with Gasteiger partial charge in [-0.05, 0) is 55.2 Å². The van der Waals surface area contributed by atoms with E-state index < -0.39 is 6.10 Å². The van der Waals surface area contributed by atoms with E-state index in [2.05, 4.69) is 10.6 Å². The Bertz CT molecular complexity index is 1030. The molecule has 0 saturated heterocycles. The molecule has 5 nitrogen and oxygen atoms in total. The molecule has 1 fully saturated rings. The minimum atomic E-state index is -0.716. The number of benzene rings is 3. The first kappa shape index (κ1) is 19.7. The summed E-state index contributed by atoms with van der Waals surface area (Å²) < 4.78 is 5.80. The van der Waals surface area contributed by atoms with Gasteiger partial charge in [-0.1, -0.05) is 54.6 Å². The highest BCUT2D eigenvalue weighted by Crippen LogP contribution is 2.24. The first-order valence-electron chi connectivity index (χ1n) is 10.1. The van der Waals surface area contributed by atoms with Gasteiger partial charge >= 0.3 is 0 Å². The molecule has 1 saturated carbocycles. The third kappa shape index (κ3) is 4.87. The van der Waals surface area contributed by atoms with E-state index in [9.17, 15) is 9.59 Å². The van der Waals surface area contributed by atoms with E-state index >= 15 is 0 Å². The van der Waals surface area contributed by atoms with Gasteiger partial charge in [-0.15, -0.1) is 0 Å². The molecule has 3 aromatic rings. The number of amides is 2. The number of hydrogen-bond acceptors (Lipinski definition) is 3. The van der Waals surface area contributed by atoms with Crippen LogP contribution in [0.3, 0.4) is 0 Å². The summed E-state index contributed by atoms with van der Waals surface area (Å²) in [6.07, 6.45) is 1.30. The minimum absolute atomic E-state index is 0.168. The summed E-state index contributed by atoms with van der Waals surface area (Å²) in [6.45, 7) is 1.69. The van der Waals surface area contributed by atoms with Crippen LogP contribution in [-0.2, 0) is 4.79 Å². The Labute approximate surface area is 176 Å². The molecule has 1 aliphatic carbocycles. The maximum absolute atomic E-state index is 12.6. The molecule has 0 radical (unpaired) electrons. The Morgan fingerprint density at radius 1 is 0.867 bits per heavy atom. The second-order valence-corrected chi connectivity index (χ2v) is 7.43. The maximum atomic E-state index is 12.6. The highest BCUT2D eigenvalue weighted by atomic mass is 16.5. The molecule has 1 aliphatic rings. The predicted octanol–water partition coefficient (Wildman–Crippen LogP) is 4.65. The van der Waals surface area contributed by atoms with Crippen molar-refractivity contribution < 1.29 is 14.3 Å². The quantitative estimate of drug-likeness (QED) is 0.607. The highest BCUT2D eigenvalue weighted by molar-refractivity contribution is 6.04. The fourth-order valence-electron chi connectivity index (χ4n) is 3.13. The van der Waals surface area contributed by atoms with Gasteiger partial charge in [0.25, 0.3) is 11.8 Å². The number of carbonyl (C=O) groups excluding carboxylic acids is 2. The smallest absolute Gasteiger partial charge is 0.265 e. The van der Waals surface area contributed by atoms with E-state index in [1.165, 1.54) is 0 Å². The average molecular weight is 400 g/mol. The zero-order chi connectivity index (χ0) is 20.9. The fourth-order valence-corrected chi connectivity index (χ4v) is 3.13. The second-order valence-electron chi connectivity index (χ2n) is 7.43. The van der Waals surface area contributed by atoms with Crippen LogP contribution in [0.4, 0.5) is 5.69 Å². The predicted molar refractivity (Wildman–Crippen MR) is 118 cm³/mol. The maximum Gasteiger partial charge on any atom is 0.265 e. The van der Waals surface area contributed by atoms with Crippen molar-refractivity contribution in [1.29, 1.82) is 0 Å². The molecule has 30 heavy (non-hydrogen) atoms. The number of anilines is 1. The van der Waals surface area contributed by atoms with Gasteiger partial charge in [0.05, 0.1) is 11.3 Å². The molecular formula is C25H24N2O3. The monoisotopic (exact) mass is 400 g/mol. The summed E-state index contributed by atoms with van der Waals surface area (Å²) in [6, 6.07) is 24.9. The summed E-state index contributed by atoms with van der Waals surface area (Å²) >= 11 is 0. The summed E-state index contributed by atoms with van der Waals surface area (Å²) in [7, 11) is 0. The highest BCUT2D eigenvalue weighted by Gasteiger charge is 2.25. The SMILES string of the molecule is CC(Oc1ccc(-c2ccccc2)cc1)C(=O)Nc1ccccc1C(=O)NC1CC1. The minimum Gasteiger partial charge on any atom is -0.481 e. The molecule has 152 valence electrons. The van der Waals surface area contributed by atoms with Gasteiger partial charge in [-0.3, -0.25) is 9.59 Å². The Morgan fingerprint density at radius 2 is 1.50 bits per heavy atom. The van der Waals surface area contributed by atoms with Crippen LogP contribution in [0.2, 0.25) is 0 Å². The zero-order valence-corrected chi connectivity index (χ0v) is 16.8. The van der Waals surface area contributed by atoms with E-state index in [-0.39, 0.29) is 17.9 Å². The molecule has 3 aromatic carbocycles. The first-order valence-corrected chi connectivity index (χ1v) is 10.1. The molecule has 2 amide bonds. The molecule has 1 atom stereocenters. The summed E-state index contributed by atoms with van der Waals surface area (Å²) in [5, 5.41) is 5.77. The normalized spacial score (nSPS) is 13.9. The second kappa shape index (κ2) is 8.82. The first-order chi connectivity index (χ1) is 14.6. The van der Waals surface area contributed by atoms with Crippen molar-refractivity contribution in [3.8, 4) is 16.9 Å². The van der Waals surface area contributed by atoms with Gasteiger partial charge in [0.2, 0.25) is 0 Å². The number of para-hydroxylation sites is 1. The van der Waals surface area contributed by atoms with Crippen molar-refractivity contribution in [3.05, 3.63) is 84.4 Å². The van der Waals surface area contributed by atoms with Gasteiger partial charge in [-0.2, -0.15) is 0 Å². The lowest BCUT2D eigenvalue weighted by atomic mass is 10.1. The molecule has 1 unspecified atom stereocenters. The van der Waals surface area contributed by atoms with Crippen LogP contribution in [-0.4, -0.2) is 24.0 Å². The zero-order valence-electron chi connectivity index (χ0n) is 16.8. The number of hydrogen-bond donors (Lipinski definition) is 2. The third-order valence-corrected chi connectivity index (χ3v) is 4.99. The van der Waals surface area contributed by atoms with Crippen molar-refractivity contribution in [2.45, 2.75) is 31.9 Å². The van der Waals surface area contributed by atoms with Crippen molar-refractivity contribution >= 4 is 17.5 Å². The van der Waals surface area contributed by atoms with Gasteiger partial charge in [0.1, 0.15) is 5.75 Å². The lowest BCUT2D eigenvalue weighted by molar-refractivity contribution is -0.122. The number of nitrogens with one attached hydrogen (secondary N) is 2. The van der Waals surface area contributed by atoms with Crippen LogP contribution in [0.1, 0.15) is 30.1 Å². The summed E-state index contributed by atoms with van der Waals surface area (Å²) in [5.74, 6) is 0.129. The molecule has 4 rings (SSSR count). The Hall–Kier alpha value is -3.60. The van der Waals surface area contributed by atoms with E-state index in [0.29, 0.717) is 17.0 Å². The molecule has 0 aliphatic heterocycles. The molecule has 0 aromatic heterocycles. The largest absolute Gasteiger partial charge is 0.481 e. The Kier molecular flexibility index (Phi) is 5.80. The number of rotatable bonds is 7. The van der Waals surface area contributed by atoms with Crippen LogP contribution < -0.4 is 15.4 Å². The summed E-state index contributed by atoms with van der Waals surface area (Å²) in [5.41, 5.74) is 3.14. The van der Waals surface area contributed by atoms with Crippen LogP contribution in [0, 0.1) is 0 Å². The molecule has 2 N–H and O–H groups in total. The topological polar surface area (TPSA) is 67.4 Å². The van der Waals surface area contributed by atoms with Crippen LogP contribution in [0.5, 0.6) is 5.75 Å². The van der Waals surface area contributed by atoms with Crippen LogP contribution in [0.25, 0.3) is 11.1 Å². The molecule has 0 spiro atoms. The van der Waals surface area contributed by atoms with Gasteiger partial charge in [-0.25, -0.2) is 0 Å². The van der Waals surface area contributed by atoms with Crippen molar-refractivity contribution in [2.24, 2.45) is 0 Å². The molecule has 5 heteroatoms. The standard InChI is InChI=1S/C25H24N2O3/c1-17(30-21-15-11-19(12-16-21)18-7-3-2-4-8-18)24(28)27-23-10-6-5-9-22(23)25(29)26-20-13-14-20/h2-12,15-17,20H,13-14H2,1H3,(H,26,29)(H,27,28). The van der Waals surface area contributed by atoms with E-state index in [1.54, 1.807) is 31.2 Å². The number of carbonyl (C=O) groups is 2. The van der Waals surface area contributed by atoms with E-state index in [0.717, 1.165) is 24.0 Å². The molecule has 0 heterocycles. The lowest BCUT2D eigenvalue weighted by Gasteiger charge is -2.16. The number of ether oxygens (including phenoxy) is 1. The van der Waals surface area contributed by atoms with Crippen LogP contribution in [0.15, 0.2) is 78.9 Å². The lowest BCUT2D eigenvalue weighted by Crippen LogP contribution is -2.32. The van der Waals surface area contributed by atoms with Gasteiger partial charge in [0, 0.05) is 6.04 Å². The Morgan fingerprint density at radius 3 is 2.20 bits per heavy atom. The Balaban J connectivity index is 1.39. The molecular weight excluding hydrogens is 376 g/mol. The third-order valence-electron chi connectivity index (χ3n) is 4.99. The van der Waals surface area contributed by atoms with Crippen molar-refractivity contribution in [2.75, 3.05) is 5.32 Å². The summed E-state index contributed by atoms with van der Waals surface area (Å²) in [4.78, 5) is 25.1. The fraction of sp³-hybridized carbons (Fsp3) is 0.200. The van der Waals surface area contributed by atoms with Crippen molar-refractivity contribution in [3.63, 3.8) is 0 Å². The van der Waals surface area contributed by atoms with Gasteiger partial charge < -0.3 is 15.4 Å². The van der Waals surface area contributed by atoms with E-state index in [1.807, 2.05) is 54.6 Å². The van der Waals surface area contributed by atoms with Gasteiger partial charge in [0.15, 0.2) is 6.10 Å². The average Bonchev–Trinajstić information content (AvgIpc) is 3.59. The molecule has 0 bridgehead atoms.